The van der Waals surface area contributed by atoms with Crippen molar-refractivity contribution < 1.29 is 0 Å². The van der Waals surface area contributed by atoms with Gasteiger partial charge in [-0.1, -0.05) is 0 Å². The Balaban J connectivity index is 1.77. The summed E-state index contributed by atoms with van der Waals surface area (Å²) in [4.78, 5) is 7.00. The second kappa shape index (κ2) is 6.30. The van der Waals surface area contributed by atoms with Gasteiger partial charge in [-0.3, -0.25) is 4.98 Å². The molecule has 1 fully saturated rings. The lowest BCUT2D eigenvalue weighted by Crippen LogP contribution is -2.35. The Kier molecular flexibility index (Phi) is 4.02. The van der Waals surface area contributed by atoms with Crippen LogP contribution in [0, 0.1) is 6.92 Å². The van der Waals surface area contributed by atoms with E-state index in [0.29, 0.717) is 6.04 Å². The molecule has 1 aliphatic rings. The predicted octanol–water partition coefficient (Wildman–Crippen LogP) is 4.44. The molecule has 1 saturated heterocycles. The van der Waals surface area contributed by atoms with Gasteiger partial charge in [0.1, 0.15) is 0 Å². The van der Waals surface area contributed by atoms with E-state index in [4.69, 9.17) is 0 Å². The van der Waals surface area contributed by atoms with Crippen LogP contribution in [0.5, 0.6) is 0 Å². The Labute approximate surface area is 140 Å². The Morgan fingerprint density at radius 1 is 1.17 bits per heavy atom. The molecule has 1 aromatic carbocycles. The van der Waals surface area contributed by atoms with E-state index in [9.17, 15) is 0 Å². The summed E-state index contributed by atoms with van der Waals surface area (Å²) in [7, 11) is 0. The fourth-order valence-corrected chi connectivity index (χ4v) is 4.09. The Bertz CT molecular complexity index is 818. The highest BCUT2D eigenvalue weighted by molar-refractivity contribution is 7.15. The summed E-state index contributed by atoms with van der Waals surface area (Å²) in [6, 6.07) is 11.6. The van der Waals surface area contributed by atoms with E-state index in [2.05, 4.69) is 52.9 Å². The second-order valence-electron chi connectivity index (χ2n) is 6.20. The van der Waals surface area contributed by atoms with E-state index < -0.39 is 0 Å². The maximum absolute atomic E-state index is 4.32. The van der Waals surface area contributed by atoms with Crippen molar-refractivity contribution in [1.29, 1.82) is 0 Å². The van der Waals surface area contributed by atoms with Crippen molar-refractivity contribution in [3.05, 3.63) is 47.6 Å². The zero-order valence-electron chi connectivity index (χ0n) is 13.3. The van der Waals surface area contributed by atoms with E-state index in [1.54, 1.807) is 0 Å². The zero-order valence-corrected chi connectivity index (χ0v) is 14.1. The molecule has 4 rings (SSSR count). The number of rotatable bonds is 3. The lowest BCUT2D eigenvalue weighted by atomic mass is 10.0. The van der Waals surface area contributed by atoms with Gasteiger partial charge in [-0.25, -0.2) is 0 Å². The van der Waals surface area contributed by atoms with Gasteiger partial charge in [-0.15, -0.1) is 11.3 Å². The number of nitrogens with one attached hydrogen (secondary N) is 2. The third-order valence-corrected chi connectivity index (χ3v) is 5.53. The van der Waals surface area contributed by atoms with E-state index in [1.807, 2.05) is 23.7 Å². The quantitative estimate of drug-likeness (QED) is 0.748. The predicted molar refractivity (Wildman–Crippen MR) is 99.3 cm³/mol. The summed E-state index contributed by atoms with van der Waals surface area (Å²) >= 11 is 1.85. The molecule has 1 aliphatic heterocycles. The SMILES string of the molecule is Cc1ccc(-c2cc(NC3CCNCC3)c3cnccc3c2)s1. The molecule has 0 aliphatic carbocycles. The third-order valence-electron chi connectivity index (χ3n) is 4.48. The van der Waals surface area contributed by atoms with E-state index in [1.165, 1.54) is 44.6 Å². The van der Waals surface area contributed by atoms with Crippen LogP contribution in [0.15, 0.2) is 42.7 Å². The van der Waals surface area contributed by atoms with Crippen molar-refractivity contribution >= 4 is 27.8 Å². The highest BCUT2D eigenvalue weighted by atomic mass is 32.1. The summed E-state index contributed by atoms with van der Waals surface area (Å²) in [6.45, 7) is 4.35. The molecule has 2 aromatic heterocycles. The fourth-order valence-electron chi connectivity index (χ4n) is 3.24. The van der Waals surface area contributed by atoms with E-state index in [0.717, 1.165) is 13.1 Å². The van der Waals surface area contributed by atoms with Crippen LogP contribution in [-0.4, -0.2) is 24.1 Å². The number of nitrogens with zero attached hydrogens (tertiary/aromatic N) is 1. The lowest BCUT2D eigenvalue weighted by molar-refractivity contribution is 0.479. The summed E-state index contributed by atoms with van der Waals surface area (Å²) in [6.07, 6.45) is 6.19. The molecule has 0 spiro atoms. The number of pyridine rings is 1. The van der Waals surface area contributed by atoms with Crippen LogP contribution < -0.4 is 10.6 Å². The zero-order chi connectivity index (χ0) is 15.6. The standard InChI is InChI=1S/C19H21N3S/c1-13-2-3-19(23-13)15-10-14-4-7-21-12-17(14)18(11-15)22-16-5-8-20-9-6-16/h2-4,7,10-12,16,20,22H,5-6,8-9H2,1H3. The Hall–Kier alpha value is -1.91. The monoisotopic (exact) mass is 323 g/mol. The van der Waals surface area contributed by atoms with Crippen LogP contribution in [0.1, 0.15) is 17.7 Å². The number of piperidine rings is 1. The van der Waals surface area contributed by atoms with E-state index >= 15 is 0 Å². The van der Waals surface area contributed by atoms with Crippen molar-refractivity contribution in [2.24, 2.45) is 0 Å². The maximum Gasteiger partial charge on any atom is 0.0444 e. The highest BCUT2D eigenvalue weighted by Gasteiger charge is 2.15. The van der Waals surface area contributed by atoms with Crippen molar-refractivity contribution in [2.45, 2.75) is 25.8 Å². The molecule has 23 heavy (non-hydrogen) atoms. The van der Waals surface area contributed by atoms with Gasteiger partial charge < -0.3 is 10.6 Å². The summed E-state index contributed by atoms with van der Waals surface area (Å²) < 4.78 is 0. The largest absolute Gasteiger partial charge is 0.382 e. The maximum atomic E-state index is 4.32. The summed E-state index contributed by atoms with van der Waals surface area (Å²) in [5.74, 6) is 0. The van der Waals surface area contributed by atoms with Crippen molar-refractivity contribution in [1.82, 2.24) is 10.3 Å². The van der Waals surface area contributed by atoms with Gasteiger partial charge in [0.05, 0.1) is 0 Å². The molecule has 4 heteroatoms. The first-order valence-electron chi connectivity index (χ1n) is 8.21. The minimum Gasteiger partial charge on any atom is -0.382 e. The second-order valence-corrected chi connectivity index (χ2v) is 7.49. The van der Waals surface area contributed by atoms with Crippen LogP contribution in [0.25, 0.3) is 21.2 Å². The van der Waals surface area contributed by atoms with Gasteiger partial charge in [0.2, 0.25) is 0 Å². The minimum absolute atomic E-state index is 0.542. The molecule has 0 unspecified atom stereocenters. The van der Waals surface area contributed by atoms with Crippen LogP contribution >= 0.6 is 11.3 Å². The van der Waals surface area contributed by atoms with Crippen molar-refractivity contribution in [3.63, 3.8) is 0 Å². The van der Waals surface area contributed by atoms with Crippen LogP contribution in [0.2, 0.25) is 0 Å². The number of fused-ring (bicyclic) bond motifs is 1. The first-order chi connectivity index (χ1) is 11.3. The molecular weight excluding hydrogens is 302 g/mol. The first kappa shape index (κ1) is 14.7. The molecule has 0 amide bonds. The highest BCUT2D eigenvalue weighted by Crippen LogP contribution is 2.34. The van der Waals surface area contributed by atoms with Gasteiger partial charge >= 0.3 is 0 Å². The number of thiophene rings is 1. The number of anilines is 1. The van der Waals surface area contributed by atoms with Crippen molar-refractivity contribution in [2.75, 3.05) is 18.4 Å². The lowest BCUT2D eigenvalue weighted by Gasteiger charge is -2.25. The molecule has 118 valence electrons. The summed E-state index contributed by atoms with van der Waals surface area (Å²) in [5.41, 5.74) is 2.50. The van der Waals surface area contributed by atoms with Crippen LogP contribution in [0.3, 0.4) is 0 Å². The van der Waals surface area contributed by atoms with Crippen molar-refractivity contribution in [3.8, 4) is 10.4 Å². The molecule has 3 nitrogen and oxygen atoms in total. The molecule has 3 aromatic rings. The van der Waals surface area contributed by atoms with Gasteiger partial charge in [-0.05, 0) is 74.1 Å². The average molecular weight is 323 g/mol. The van der Waals surface area contributed by atoms with Gasteiger partial charge in [0, 0.05) is 39.3 Å². The number of hydrogen-bond acceptors (Lipinski definition) is 4. The van der Waals surface area contributed by atoms with Gasteiger partial charge in [0.15, 0.2) is 0 Å². The van der Waals surface area contributed by atoms with Crippen LogP contribution in [0.4, 0.5) is 5.69 Å². The van der Waals surface area contributed by atoms with Gasteiger partial charge in [0.25, 0.3) is 0 Å². The van der Waals surface area contributed by atoms with E-state index in [-0.39, 0.29) is 0 Å². The minimum atomic E-state index is 0.542. The third kappa shape index (κ3) is 3.09. The first-order valence-corrected chi connectivity index (χ1v) is 9.03. The average Bonchev–Trinajstić information content (AvgIpc) is 3.02. The number of hydrogen-bond donors (Lipinski definition) is 2. The molecule has 0 bridgehead atoms. The Morgan fingerprint density at radius 2 is 2.04 bits per heavy atom. The topological polar surface area (TPSA) is 37.0 Å². The Morgan fingerprint density at radius 3 is 2.83 bits per heavy atom. The smallest absolute Gasteiger partial charge is 0.0444 e. The molecule has 0 atom stereocenters. The normalized spacial score (nSPS) is 15.9. The molecule has 0 radical (unpaired) electrons. The number of benzene rings is 1. The molecule has 3 heterocycles. The van der Waals surface area contributed by atoms with Crippen LogP contribution in [-0.2, 0) is 0 Å². The molecule has 0 saturated carbocycles. The fraction of sp³-hybridized carbons (Fsp3) is 0.316. The molecule has 2 N–H and O–H groups in total. The number of aryl methyl sites for hydroxylation is 1. The van der Waals surface area contributed by atoms with Gasteiger partial charge in [-0.2, -0.15) is 0 Å². The molecular formula is C19H21N3S. The summed E-state index contributed by atoms with van der Waals surface area (Å²) in [5, 5.41) is 9.65. The number of aromatic nitrogens is 1.